The SMILES string of the molecule is N#Cc1ccc(Nc2ccc(Cl)cc2F)cn1. The molecule has 0 radical (unpaired) electrons. The van der Waals surface area contributed by atoms with E-state index in [2.05, 4.69) is 10.3 Å². The summed E-state index contributed by atoms with van der Waals surface area (Å²) in [6.45, 7) is 0. The number of aromatic nitrogens is 1. The second-order valence-corrected chi connectivity index (χ2v) is 3.73. The molecule has 17 heavy (non-hydrogen) atoms. The fourth-order valence-electron chi connectivity index (χ4n) is 1.28. The summed E-state index contributed by atoms with van der Waals surface area (Å²) in [7, 11) is 0. The van der Waals surface area contributed by atoms with Gasteiger partial charge in [0.2, 0.25) is 0 Å². The fraction of sp³-hybridized carbons (Fsp3) is 0. The zero-order chi connectivity index (χ0) is 12.3. The van der Waals surface area contributed by atoms with E-state index in [9.17, 15) is 4.39 Å². The molecule has 1 aromatic heterocycles. The Kier molecular flexibility index (Phi) is 3.22. The first kappa shape index (κ1) is 11.4. The van der Waals surface area contributed by atoms with Crippen LogP contribution in [0.1, 0.15) is 5.69 Å². The number of benzene rings is 1. The molecule has 1 N–H and O–H groups in total. The highest BCUT2D eigenvalue weighted by atomic mass is 35.5. The van der Waals surface area contributed by atoms with Crippen molar-refractivity contribution in [1.29, 1.82) is 5.26 Å². The molecule has 0 aliphatic carbocycles. The predicted molar refractivity (Wildman–Crippen MR) is 63.6 cm³/mol. The molecule has 2 aromatic rings. The highest BCUT2D eigenvalue weighted by Crippen LogP contribution is 2.22. The van der Waals surface area contributed by atoms with Crippen LogP contribution in [-0.4, -0.2) is 4.98 Å². The molecule has 3 nitrogen and oxygen atoms in total. The standard InChI is InChI=1S/C12H7ClFN3/c13-8-1-4-12(11(14)5-8)17-10-3-2-9(6-15)16-7-10/h1-5,7,17H. The van der Waals surface area contributed by atoms with Crippen molar-refractivity contribution in [2.24, 2.45) is 0 Å². The van der Waals surface area contributed by atoms with E-state index in [0.29, 0.717) is 22.1 Å². The molecule has 0 saturated carbocycles. The smallest absolute Gasteiger partial charge is 0.148 e. The largest absolute Gasteiger partial charge is 0.352 e. The summed E-state index contributed by atoms with van der Waals surface area (Å²) in [5, 5.41) is 11.8. The van der Waals surface area contributed by atoms with E-state index in [4.69, 9.17) is 16.9 Å². The zero-order valence-electron chi connectivity index (χ0n) is 8.61. The number of nitrogens with one attached hydrogen (secondary N) is 1. The number of halogens is 2. The van der Waals surface area contributed by atoms with E-state index in [-0.39, 0.29) is 0 Å². The van der Waals surface area contributed by atoms with E-state index >= 15 is 0 Å². The molecular formula is C12H7ClFN3. The first-order valence-electron chi connectivity index (χ1n) is 4.77. The van der Waals surface area contributed by atoms with Crippen LogP contribution in [0.3, 0.4) is 0 Å². The van der Waals surface area contributed by atoms with Gasteiger partial charge in [-0.25, -0.2) is 9.37 Å². The molecule has 0 unspecified atom stereocenters. The molecule has 0 spiro atoms. The molecule has 0 saturated heterocycles. The average molecular weight is 248 g/mol. The van der Waals surface area contributed by atoms with Crippen molar-refractivity contribution in [1.82, 2.24) is 4.98 Å². The summed E-state index contributed by atoms with van der Waals surface area (Å²) in [4.78, 5) is 3.87. The van der Waals surface area contributed by atoms with E-state index in [1.54, 1.807) is 18.2 Å². The van der Waals surface area contributed by atoms with Crippen molar-refractivity contribution in [3.63, 3.8) is 0 Å². The van der Waals surface area contributed by atoms with Gasteiger partial charge in [0.15, 0.2) is 0 Å². The third kappa shape index (κ3) is 2.71. The topological polar surface area (TPSA) is 48.7 Å². The predicted octanol–water partition coefficient (Wildman–Crippen LogP) is 3.49. The minimum absolute atomic E-state index is 0.306. The van der Waals surface area contributed by atoms with Gasteiger partial charge in [-0.1, -0.05) is 11.6 Å². The van der Waals surface area contributed by atoms with Gasteiger partial charge in [-0.3, -0.25) is 0 Å². The lowest BCUT2D eigenvalue weighted by Crippen LogP contribution is -1.94. The Morgan fingerprint density at radius 3 is 2.71 bits per heavy atom. The molecule has 0 amide bonds. The van der Waals surface area contributed by atoms with Gasteiger partial charge in [-0.2, -0.15) is 5.26 Å². The Labute approximate surface area is 102 Å². The van der Waals surface area contributed by atoms with Gasteiger partial charge in [0, 0.05) is 5.02 Å². The number of nitriles is 1. The monoisotopic (exact) mass is 247 g/mol. The van der Waals surface area contributed by atoms with Gasteiger partial charge in [0.25, 0.3) is 0 Å². The molecular weight excluding hydrogens is 241 g/mol. The number of hydrogen-bond acceptors (Lipinski definition) is 3. The second kappa shape index (κ2) is 4.81. The molecule has 5 heteroatoms. The van der Waals surface area contributed by atoms with Crippen LogP contribution in [-0.2, 0) is 0 Å². The zero-order valence-corrected chi connectivity index (χ0v) is 9.37. The molecule has 84 valence electrons. The average Bonchev–Trinajstić information content (AvgIpc) is 2.34. The maximum atomic E-state index is 13.5. The van der Waals surface area contributed by atoms with Crippen molar-refractivity contribution in [3.8, 4) is 6.07 Å². The normalized spacial score (nSPS) is 9.71. The molecule has 1 aromatic carbocycles. The lowest BCUT2D eigenvalue weighted by molar-refractivity contribution is 0.632. The van der Waals surface area contributed by atoms with Crippen molar-refractivity contribution in [3.05, 3.63) is 53.1 Å². The summed E-state index contributed by atoms with van der Waals surface area (Å²) in [5.41, 5.74) is 1.22. The summed E-state index contributed by atoms with van der Waals surface area (Å²) in [6.07, 6.45) is 1.46. The fourth-order valence-corrected chi connectivity index (χ4v) is 1.44. The first-order chi connectivity index (χ1) is 8.19. The molecule has 0 atom stereocenters. The summed E-state index contributed by atoms with van der Waals surface area (Å²) in [6, 6.07) is 9.46. The van der Waals surface area contributed by atoms with Crippen molar-refractivity contribution >= 4 is 23.0 Å². The summed E-state index contributed by atoms with van der Waals surface area (Å²) >= 11 is 5.64. The molecule has 2 rings (SSSR count). The van der Waals surface area contributed by atoms with Crippen LogP contribution in [0.5, 0.6) is 0 Å². The Morgan fingerprint density at radius 2 is 2.12 bits per heavy atom. The molecule has 0 aliphatic rings. The van der Waals surface area contributed by atoms with Crippen molar-refractivity contribution in [2.75, 3.05) is 5.32 Å². The number of hydrogen-bond donors (Lipinski definition) is 1. The van der Waals surface area contributed by atoms with Gasteiger partial charge in [0.05, 0.1) is 17.6 Å². The molecule has 0 aliphatic heterocycles. The minimum Gasteiger partial charge on any atom is -0.352 e. The Hall–Kier alpha value is -2.12. The third-order valence-corrected chi connectivity index (χ3v) is 2.32. The summed E-state index contributed by atoms with van der Waals surface area (Å²) < 4.78 is 13.5. The van der Waals surface area contributed by atoms with Crippen LogP contribution < -0.4 is 5.32 Å². The Bertz CT molecular complexity index is 575. The van der Waals surface area contributed by atoms with Gasteiger partial charge in [0.1, 0.15) is 17.6 Å². The molecule has 1 heterocycles. The minimum atomic E-state index is -0.443. The van der Waals surface area contributed by atoms with Crippen molar-refractivity contribution < 1.29 is 4.39 Å². The highest BCUT2D eigenvalue weighted by Gasteiger charge is 2.03. The highest BCUT2D eigenvalue weighted by molar-refractivity contribution is 6.30. The Morgan fingerprint density at radius 1 is 1.29 bits per heavy atom. The second-order valence-electron chi connectivity index (χ2n) is 3.29. The lowest BCUT2D eigenvalue weighted by atomic mass is 10.3. The summed E-state index contributed by atoms with van der Waals surface area (Å²) in [5.74, 6) is -0.443. The molecule has 0 fully saturated rings. The Balaban J connectivity index is 2.23. The number of pyridine rings is 1. The van der Waals surface area contributed by atoms with Gasteiger partial charge < -0.3 is 5.32 Å². The van der Waals surface area contributed by atoms with E-state index in [0.717, 1.165) is 0 Å². The van der Waals surface area contributed by atoms with Gasteiger partial charge >= 0.3 is 0 Å². The van der Waals surface area contributed by atoms with Gasteiger partial charge in [-0.15, -0.1) is 0 Å². The number of rotatable bonds is 2. The van der Waals surface area contributed by atoms with Crippen LogP contribution >= 0.6 is 11.6 Å². The van der Waals surface area contributed by atoms with E-state index in [1.165, 1.54) is 18.3 Å². The van der Waals surface area contributed by atoms with E-state index < -0.39 is 5.82 Å². The van der Waals surface area contributed by atoms with Crippen LogP contribution in [0, 0.1) is 17.1 Å². The first-order valence-corrected chi connectivity index (χ1v) is 5.15. The third-order valence-electron chi connectivity index (χ3n) is 2.09. The van der Waals surface area contributed by atoms with Gasteiger partial charge in [-0.05, 0) is 30.3 Å². The quantitative estimate of drug-likeness (QED) is 0.884. The maximum absolute atomic E-state index is 13.5. The van der Waals surface area contributed by atoms with Crippen LogP contribution in [0.4, 0.5) is 15.8 Å². The van der Waals surface area contributed by atoms with Crippen LogP contribution in [0.25, 0.3) is 0 Å². The molecule has 0 bridgehead atoms. The lowest BCUT2D eigenvalue weighted by Gasteiger charge is -2.07. The maximum Gasteiger partial charge on any atom is 0.148 e. The van der Waals surface area contributed by atoms with Crippen LogP contribution in [0.2, 0.25) is 5.02 Å². The van der Waals surface area contributed by atoms with E-state index in [1.807, 2.05) is 6.07 Å². The number of nitrogens with zero attached hydrogens (tertiary/aromatic N) is 2. The van der Waals surface area contributed by atoms with Crippen molar-refractivity contribution in [2.45, 2.75) is 0 Å². The van der Waals surface area contributed by atoms with Crippen LogP contribution in [0.15, 0.2) is 36.5 Å². The number of anilines is 2.